The van der Waals surface area contributed by atoms with Crippen LogP contribution in [-0.4, -0.2) is 52.6 Å². The molecule has 0 aromatic heterocycles. The number of phenols is 1. The molecule has 4 unspecified atom stereocenters. The standard InChI is InChI=1S/C33H41FN2O3/c1-5-6-32(28-9-15-30(37)16-10-28)25(4)27-11-17-31(18-12-27)39-22-33(38)36-20-23(2)35(19-24(36)3)21-26-7-13-29(34)14-8-26/h7-18,23-25,32,37H,5-6,19-22H2,1-4H3. The van der Waals surface area contributed by atoms with Crippen molar-refractivity contribution in [2.45, 2.75) is 71.0 Å². The van der Waals surface area contributed by atoms with E-state index in [1.54, 1.807) is 12.1 Å². The van der Waals surface area contributed by atoms with Gasteiger partial charge >= 0.3 is 0 Å². The van der Waals surface area contributed by atoms with Crippen molar-refractivity contribution in [2.75, 3.05) is 19.7 Å². The second-order valence-corrected chi connectivity index (χ2v) is 10.9. The molecule has 0 bridgehead atoms. The molecule has 1 aliphatic rings. The summed E-state index contributed by atoms with van der Waals surface area (Å²) >= 11 is 0. The van der Waals surface area contributed by atoms with E-state index in [1.807, 2.05) is 41.3 Å². The first-order valence-corrected chi connectivity index (χ1v) is 14.0. The number of piperazine rings is 1. The third kappa shape index (κ3) is 7.39. The van der Waals surface area contributed by atoms with E-state index in [9.17, 15) is 14.3 Å². The van der Waals surface area contributed by atoms with Crippen molar-refractivity contribution in [2.24, 2.45) is 0 Å². The number of rotatable bonds is 10. The smallest absolute Gasteiger partial charge is 0.260 e. The lowest BCUT2D eigenvalue weighted by molar-refractivity contribution is -0.139. The summed E-state index contributed by atoms with van der Waals surface area (Å²) < 4.78 is 19.2. The van der Waals surface area contributed by atoms with E-state index in [0.29, 0.717) is 24.1 Å². The summed E-state index contributed by atoms with van der Waals surface area (Å²) in [6, 6.07) is 22.5. The van der Waals surface area contributed by atoms with Crippen molar-refractivity contribution in [1.29, 1.82) is 0 Å². The van der Waals surface area contributed by atoms with Gasteiger partial charge in [0.25, 0.3) is 5.91 Å². The number of benzene rings is 3. The summed E-state index contributed by atoms with van der Waals surface area (Å²) in [5.41, 5.74) is 3.52. The molecule has 1 amide bonds. The topological polar surface area (TPSA) is 53.0 Å². The van der Waals surface area contributed by atoms with Crippen molar-refractivity contribution in [3.05, 3.63) is 95.3 Å². The zero-order valence-electron chi connectivity index (χ0n) is 23.5. The van der Waals surface area contributed by atoms with Gasteiger partial charge in [-0.05, 0) is 85.2 Å². The fraction of sp³-hybridized carbons (Fsp3) is 0.424. The van der Waals surface area contributed by atoms with Crippen LogP contribution < -0.4 is 4.74 Å². The minimum absolute atomic E-state index is 0.00981. The summed E-state index contributed by atoms with van der Waals surface area (Å²) in [5, 5.41) is 9.67. The molecule has 0 radical (unpaired) electrons. The molecule has 5 nitrogen and oxygen atoms in total. The zero-order valence-corrected chi connectivity index (χ0v) is 23.5. The minimum Gasteiger partial charge on any atom is -0.508 e. The lowest BCUT2D eigenvalue weighted by Crippen LogP contribution is -2.58. The fourth-order valence-electron chi connectivity index (χ4n) is 5.66. The number of ether oxygens (including phenoxy) is 1. The summed E-state index contributed by atoms with van der Waals surface area (Å²) in [6.45, 7) is 10.8. The molecule has 39 heavy (non-hydrogen) atoms. The molecule has 3 aromatic carbocycles. The van der Waals surface area contributed by atoms with Crippen LogP contribution >= 0.6 is 0 Å². The van der Waals surface area contributed by atoms with Crippen molar-refractivity contribution < 1.29 is 19.0 Å². The van der Waals surface area contributed by atoms with E-state index in [0.717, 1.165) is 31.5 Å². The molecule has 1 N–H and O–H groups in total. The van der Waals surface area contributed by atoms with Gasteiger partial charge in [0, 0.05) is 31.7 Å². The third-order valence-electron chi connectivity index (χ3n) is 8.03. The number of halogens is 1. The van der Waals surface area contributed by atoms with Crippen molar-refractivity contribution in [1.82, 2.24) is 9.80 Å². The normalized spacial score (nSPS) is 19.5. The molecule has 1 fully saturated rings. The van der Waals surface area contributed by atoms with Crippen LogP contribution in [0, 0.1) is 5.82 Å². The second kappa shape index (κ2) is 13.1. The summed E-state index contributed by atoms with van der Waals surface area (Å²) in [6.07, 6.45) is 2.14. The Morgan fingerprint density at radius 1 is 0.949 bits per heavy atom. The van der Waals surface area contributed by atoms with Crippen LogP contribution in [0.5, 0.6) is 11.5 Å². The van der Waals surface area contributed by atoms with E-state index < -0.39 is 0 Å². The predicted molar refractivity (Wildman–Crippen MR) is 154 cm³/mol. The zero-order chi connectivity index (χ0) is 27.9. The van der Waals surface area contributed by atoms with E-state index in [-0.39, 0.29) is 36.2 Å². The lowest BCUT2D eigenvalue weighted by Gasteiger charge is -2.44. The van der Waals surface area contributed by atoms with Crippen LogP contribution in [0.25, 0.3) is 0 Å². The SMILES string of the molecule is CCCC(c1ccc(O)cc1)C(C)c1ccc(OCC(=O)N2CC(C)N(Cc3ccc(F)cc3)CC2C)cc1. The lowest BCUT2D eigenvalue weighted by atomic mass is 9.80. The van der Waals surface area contributed by atoms with Gasteiger partial charge in [0.1, 0.15) is 17.3 Å². The Labute approximate surface area is 232 Å². The van der Waals surface area contributed by atoms with Crippen LogP contribution in [0.3, 0.4) is 0 Å². The average Bonchev–Trinajstić information content (AvgIpc) is 2.94. The molecule has 1 saturated heterocycles. The van der Waals surface area contributed by atoms with Crippen LogP contribution in [0.15, 0.2) is 72.8 Å². The quantitative estimate of drug-likeness (QED) is 0.315. The second-order valence-electron chi connectivity index (χ2n) is 10.9. The van der Waals surface area contributed by atoms with Gasteiger partial charge in [-0.1, -0.05) is 56.7 Å². The summed E-state index contributed by atoms with van der Waals surface area (Å²) in [5.74, 6) is 1.39. The number of hydrogen-bond donors (Lipinski definition) is 1. The Morgan fingerprint density at radius 2 is 1.59 bits per heavy atom. The average molecular weight is 533 g/mol. The molecule has 3 aromatic rings. The van der Waals surface area contributed by atoms with E-state index >= 15 is 0 Å². The van der Waals surface area contributed by atoms with Gasteiger partial charge in [-0.3, -0.25) is 9.69 Å². The van der Waals surface area contributed by atoms with E-state index in [4.69, 9.17) is 4.74 Å². The molecule has 6 heteroatoms. The van der Waals surface area contributed by atoms with E-state index in [2.05, 4.69) is 44.7 Å². The van der Waals surface area contributed by atoms with Gasteiger partial charge in [0.2, 0.25) is 0 Å². The maximum Gasteiger partial charge on any atom is 0.260 e. The predicted octanol–water partition coefficient (Wildman–Crippen LogP) is 6.72. The Hall–Kier alpha value is -3.38. The highest BCUT2D eigenvalue weighted by molar-refractivity contribution is 5.78. The highest BCUT2D eigenvalue weighted by Gasteiger charge is 2.32. The molecule has 208 valence electrons. The van der Waals surface area contributed by atoms with Gasteiger partial charge in [0.05, 0.1) is 0 Å². The molecular formula is C33H41FN2O3. The summed E-state index contributed by atoms with van der Waals surface area (Å²) in [4.78, 5) is 17.3. The van der Waals surface area contributed by atoms with Gasteiger partial charge in [-0.2, -0.15) is 0 Å². The third-order valence-corrected chi connectivity index (χ3v) is 8.03. The monoisotopic (exact) mass is 532 g/mol. The van der Waals surface area contributed by atoms with Gasteiger partial charge < -0.3 is 14.7 Å². The Kier molecular flexibility index (Phi) is 9.63. The Bertz CT molecular complexity index is 1200. The first-order chi connectivity index (χ1) is 18.7. The highest BCUT2D eigenvalue weighted by atomic mass is 19.1. The largest absolute Gasteiger partial charge is 0.508 e. The van der Waals surface area contributed by atoms with Gasteiger partial charge in [-0.15, -0.1) is 0 Å². The molecule has 4 rings (SSSR count). The van der Waals surface area contributed by atoms with E-state index in [1.165, 1.54) is 23.3 Å². The molecule has 1 aliphatic heterocycles. The fourth-order valence-corrected chi connectivity index (χ4v) is 5.66. The first kappa shape index (κ1) is 28.6. The highest BCUT2D eigenvalue weighted by Crippen LogP contribution is 2.37. The molecule has 0 aliphatic carbocycles. The van der Waals surface area contributed by atoms with Crippen LogP contribution in [0.1, 0.15) is 69.1 Å². The maximum absolute atomic E-state index is 13.3. The van der Waals surface area contributed by atoms with Crippen molar-refractivity contribution >= 4 is 5.91 Å². The molecule has 4 atom stereocenters. The van der Waals surface area contributed by atoms with Gasteiger partial charge in [-0.25, -0.2) is 4.39 Å². The molecule has 1 heterocycles. The number of carbonyl (C=O) groups excluding carboxylic acids is 1. The van der Waals surface area contributed by atoms with Crippen LogP contribution in [0.4, 0.5) is 4.39 Å². The van der Waals surface area contributed by atoms with Crippen molar-refractivity contribution in [3.63, 3.8) is 0 Å². The maximum atomic E-state index is 13.3. The number of carbonyl (C=O) groups is 1. The minimum atomic E-state index is -0.227. The molecular weight excluding hydrogens is 491 g/mol. The number of aromatic hydroxyl groups is 1. The Balaban J connectivity index is 1.31. The summed E-state index contributed by atoms with van der Waals surface area (Å²) in [7, 11) is 0. The number of phenolic OH excluding ortho intramolecular Hbond substituents is 1. The van der Waals surface area contributed by atoms with Crippen LogP contribution in [0.2, 0.25) is 0 Å². The number of hydrogen-bond acceptors (Lipinski definition) is 4. The molecule has 0 spiro atoms. The molecule has 0 saturated carbocycles. The van der Waals surface area contributed by atoms with Crippen LogP contribution in [-0.2, 0) is 11.3 Å². The first-order valence-electron chi connectivity index (χ1n) is 14.0. The number of amides is 1. The van der Waals surface area contributed by atoms with Gasteiger partial charge in [0.15, 0.2) is 6.61 Å². The Morgan fingerprint density at radius 3 is 2.23 bits per heavy atom. The number of nitrogens with zero attached hydrogens (tertiary/aromatic N) is 2. The van der Waals surface area contributed by atoms with Crippen molar-refractivity contribution in [3.8, 4) is 11.5 Å².